The maximum Gasteiger partial charge on any atom is 0.273 e. The van der Waals surface area contributed by atoms with Gasteiger partial charge in [-0.05, 0) is 43.5 Å². The van der Waals surface area contributed by atoms with Crippen molar-refractivity contribution in [3.8, 4) is 0 Å². The molecule has 2 aromatic carbocycles. The summed E-state index contributed by atoms with van der Waals surface area (Å²) in [6, 6.07) is 14.5. The molecule has 0 bridgehead atoms. The highest BCUT2D eigenvalue weighted by Gasteiger charge is 2.20. The molecule has 0 spiro atoms. The Morgan fingerprint density at radius 1 is 1.11 bits per heavy atom. The molecule has 3 aromatic rings. The summed E-state index contributed by atoms with van der Waals surface area (Å²) >= 11 is 0. The molecule has 1 heterocycles. The topological polar surface area (TPSA) is 86.9 Å². The fourth-order valence-corrected chi connectivity index (χ4v) is 2.85. The first-order chi connectivity index (χ1) is 13.1. The lowest BCUT2D eigenvalue weighted by Crippen LogP contribution is -2.41. The molecule has 6 nitrogen and oxygen atoms in total. The Balaban J connectivity index is 1.59. The Morgan fingerprint density at radius 2 is 1.85 bits per heavy atom. The minimum Gasteiger partial charge on any atom is -0.339 e. The number of aromatic amines is 1. The van der Waals surface area contributed by atoms with Crippen molar-refractivity contribution in [3.05, 3.63) is 59.8 Å². The first kappa shape index (κ1) is 18.6. The van der Waals surface area contributed by atoms with E-state index in [0.29, 0.717) is 5.69 Å². The Hall–Kier alpha value is -3.15. The van der Waals surface area contributed by atoms with Gasteiger partial charge in [0.25, 0.3) is 5.91 Å². The van der Waals surface area contributed by atoms with Gasteiger partial charge in [0.05, 0.1) is 5.52 Å². The number of aromatic nitrogens is 2. The van der Waals surface area contributed by atoms with Crippen LogP contribution in [0.4, 0.5) is 5.69 Å². The number of hydrogen-bond acceptors (Lipinski definition) is 3. The minimum atomic E-state index is -0.687. The number of anilines is 1. The predicted molar refractivity (Wildman–Crippen MR) is 107 cm³/mol. The van der Waals surface area contributed by atoms with Crippen LogP contribution in [0.2, 0.25) is 0 Å². The van der Waals surface area contributed by atoms with E-state index >= 15 is 0 Å². The molecule has 3 N–H and O–H groups in total. The Morgan fingerprint density at radius 3 is 2.59 bits per heavy atom. The van der Waals surface area contributed by atoms with Crippen molar-refractivity contribution in [2.45, 2.75) is 39.2 Å². The molecule has 0 saturated heterocycles. The van der Waals surface area contributed by atoms with Crippen LogP contribution < -0.4 is 10.6 Å². The molecule has 140 valence electrons. The van der Waals surface area contributed by atoms with Crippen molar-refractivity contribution in [1.29, 1.82) is 0 Å². The molecule has 1 unspecified atom stereocenters. The van der Waals surface area contributed by atoms with E-state index in [2.05, 4.69) is 27.8 Å². The van der Waals surface area contributed by atoms with E-state index in [4.69, 9.17) is 0 Å². The number of rotatable bonds is 7. The van der Waals surface area contributed by atoms with E-state index in [1.54, 1.807) is 6.92 Å². The van der Waals surface area contributed by atoms with Crippen LogP contribution in [-0.4, -0.2) is 28.1 Å². The molecular formula is C21H24N4O2. The second-order valence-corrected chi connectivity index (χ2v) is 6.60. The zero-order valence-corrected chi connectivity index (χ0v) is 15.6. The van der Waals surface area contributed by atoms with Crippen LogP contribution in [0.25, 0.3) is 10.9 Å². The highest BCUT2D eigenvalue weighted by atomic mass is 16.2. The number of amides is 2. The third-order valence-electron chi connectivity index (χ3n) is 4.47. The lowest BCUT2D eigenvalue weighted by molar-refractivity contribution is -0.117. The smallest absolute Gasteiger partial charge is 0.273 e. The molecule has 0 fully saturated rings. The summed E-state index contributed by atoms with van der Waals surface area (Å²) in [6.45, 7) is 3.81. The number of hydrogen-bond donors (Lipinski definition) is 3. The average molecular weight is 364 g/mol. The number of carbonyl (C=O) groups excluding carboxylic acids is 2. The summed E-state index contributed by atoms with van der Waals surface area (Å²) in [4.78, 5) is 24.8. The van der Waals surface area contributed by atoms with Gasteiger partial charge < -0.3 is 10.6 Å². The van der Waals surface area contributed by atoms with Crippen LogP contribution in [-0.2, 0) is 11.2 Å². The number of nitrogens with one attached hydrogen (secondary N) is 3. The van der Waals surface area contributed by atoms with E-state index in [-0.39, 0.29) is 17.5 Å². The molecule has 1 atom stereocenters. The first-order valence-corrected chi connectivity index (χ1v) is 9.22. The number of aryl methyl sites for hydroxylation is 1. The minimum absolute atomic E-state index is 0.274. The van der Waals surface area contributed by atoms with Gasteiger partial charge in [-0.1, -0.05) is 43.7 Å². The normalized spacial score (nSPS) is 11.9. The number of carbonyl (C=O) groups is 2. The van der Waals surface area contributed by atoms with Gasteiger partial charge in [0.2, 0.25) is 5.91 Å². The van der Waals surface area contributed by atoms with Crippen LogP contribution >= 0.6 is 0 Å². The fourth-order valence-electron chi connectivity index (χ4n) is 2.85. The SMILES string of the molecule is CCCCc1ccc(NC(=O)C(C)NC(=O)c2n[nH]c3ccccc23)cc1. The summed E-state index contributed by atoms with van der Waals surface area (Å²) in [5.41, 5.74) is 3.03. The monoisotopic (exact) mass is 364 g/mol. The van der Waals surface area contributed by atoms with Gasteiger partial charge in [-0.25, -0.2) is 0 Å². The van der Waals surface area contributed by atoms with Crippen LogP contribution in [0.5, 0.6) is 0 Å². The van der Waals surface area contributed by atoms with E-state index < -0.39 is 6.04 Å². The van der Waals surface area contributed by atoms with E-state index in [0.717, 1.165) is 30.2 Å². The van der Waals surface area contributed by atoms with E-state index in [9.17, 15) is 9.59 Å². The third kappa shape index (κ3) is 4.53. The molecular weight excluding hydrogens is 340 g/mol. The van der Waals surface area contributed by atoms with Gasteiger partial charge in [-0.15, -0.1) is 0 Å². The molecule has 1 aromatic heterocycles. The Bertz CT molecular complexity index is 931. The number of H-pyrrole nitrogens is 1. The molecule has 6 heteroatoms. The number of para-hydroxylation sites is 1. The molecule has 0 aliphatic heterocycles. The predicted octanol–water partition coefficient (Wildman–Crippen LogP) is 3.66. The summed E-state index contributed by atoms with van der Waals surface area (Å²) in [5.74, 6) is -0.658. The van der Waals surface area contributed by atoms with Gasteiger partial charge in [-0.2, -0.15) is 5.10 Å². The van der Waals surface area contributed by atoms with Crippen molar-refractivity contribution >= 4 is 28.4 Å². The Kier molecular flexibility index (Phi) is 5.86. The van der Waals surface area contributed by atoms with Crippen molar-refractivity contribution < 1.29 is 9.59 Å². The molecule has 0 aliphatic carbocycles. The summed E-state index contributed by atoms with van der Waals surface area (Å²) in [6.07, 6.45) is 3.34. The second kappa shape index (κ2) is 8.49. The lowest BCUT2D eigenvalue weighted by Gasteiger charge is -2.14. The van der Waals surface area contributed by atoms with Crippen molar-refractivity contribution in [2.75, 3.05) is 5.32 Å². The largest absolute Gasteiger partial charge is 0.339 e. The molecule has 3 rings (SSSR count). The highest BCUT2D eigenvalue weighted by Crippen LogP contribution is 2.15. The maximum absolute atomic E-state index is 12.5. The number of benzene rings is 2. The van der Waals surface area contributed by atoms with Crippen LogP contribution in [0.1, 0.15) is 42.7 Å². The average Bonchev–Trinajstić information content (AvgIpc) is 3.11. The summed E-state index contributed by atoms with van der Waals surface area (Å²) in [7, 11) is 0. The van der Waals surface area contributed by atoms with Crippen LogP contribution in [0, 0.1) is 0 Å². The quantitative estimate of drug-likeness (QED) is 0.598. The van der Waals surface area contributed by atoms with Gasteiger partial charge >= 0.3 is 0 Å². The molecule has 2 amide bonds. The number of unbranched alkanes of at least 4 members (excludes halogenated alkanes) is 1. The van der Waals surface area contributed by atoms with Crippen LogP contribution in [0.15, 0.2) is 48.5 Å². The lowest BCUT2D eigenvalue weighted by atomic mass is 10.1. The zero-order chi connectivity index (χ0) is 19.2. The number of nitrogens with zero attached hydrogens (tertiary/aromatic N) is 1. The van der Waals surface area contributed by atoms with Gasteiger partial charge in [0.1, 0.15) is 6.04 Å². The summed E-state index contributed by atoms with van der Waals surface area (Å²) < 4.78 is 0. The van der Waals surface area contributed by atoms with Crippen molar-refractivity contribution in [2.24, 2.45) is 0 Å². The van der Waals surface area contributed by atoms with E-state index in [1.165, 1.54) is 5.56 Å². The van der Waals surface area contributed by atoms with E-state index in [1.807, 2.05) is 48.5 Å². The zero-order valence-electron chi connectivity index (χ0n) is 15.6. The van der Waals surface area contributed by atoms with Crippen molar-refractivity contribution in [1.82, 2.24) is 15.5 Å². The fraction of sp³-hybridized carbons (Fsp3) is 0.286. The van der Waals surface area contributed by atoms with Gasteiger partial charge in [0.15, 0.2) is 5.69 Å². The number of fused-ring (bicyclic) bond motifs is 1. The van der Waals surface area contributed by atoms with Gasteiger partial charge in [-0.3, -0.25) is 14.7 Å². The molecule has 0 saturated carbocycles. The summed E-state index contributed by atoms with van der Waals surface area (Å²) in [5, 5.41) is 13.1. The van der Waals surface area contributed by atoms with Gasteiger partial charge in [0, 0.05) is 11.1 Å². The highest BCUT2D eigenvalue weighted by molar-refractivity contribution is 6.06. The third-order valence-corrected chi connectivity index (χ3v) is 4.47. The standard InChI is InChI=1S/C21H24N4O2/c1-3-4-7-15-10-12-16(13-11-15)23-20(26)14(2)22-21(27)19-17-8-5-6-9-18(17)24-25-19/h5-6,8-14H,3-4,7H2,1-2H3,(H,22,27)(H,23,26)(H,24,25). The molecule has 27 heavy (non-hydrogen) atoms. The Labute approximate surface area is 158 Å². The first-order valence-electron chi connectivity index (χ1n) is 9.22. The van der Waals surface area contributed by atoms with Crippen LogP contribution in [0.3, 0.4) is 0 Å². The molecule has 0 aliphatic rings. The van der Waals surface area contributed by atoms with Crippen molar-refractivity contribution in [3.63, 3.8) is 0 Å². The maximum atomic E-state index is 12.5. The molecule has 0 radical (unpaired) electrons. The second-order valence-electron chi connectivity index (χ2n) is 6.60.